The highest BCUT2D eigenvalue weighted by atomic mass is 16.4. The summed E-state index contributed by atoms with van der Waals surface area (Å²) in [7, 11) is 0. The third kappa shape index (κ3) is 2.45. The second-order valence-corrected chi connectivity index (χ2v) is 4.35. The molecule has 1 N–H and O–H groups in total. The van der Waals surface area contributed by atoms with E-state index in [1.54, 1.807) is 6.07 Å². The van der Waals surface area contributed by atoms with Crippen LogP contribution in [-0.2, 0) is 6.54 Å². The third-order valence-corrected chi connectivity index (χ3v) is 2.98. The molecule has 0 bridgehead atoms. The van der Waals surface area contributed by atoms with Crippen LogP contribution in [0.1, 0.15) is 15.9 Å². The number of hydrogen-bond acceptors (Lipinski definition) is 3. The Morgan fingerprint density at radius 2 is 1.90 bits per heavy atom. The number of benzene rings is 1. The molecule has 5 heteroatoms. The Morgan fingerprint density at radius 1 is 1.25 bits per heavy atom. The Morgan fingerprint density at radius 3 is 2.45 bits per heavy atom. The average molecular weight is 268 g/mol. The highest BCUT2D eigenvalue weighted by Gasteiger charge is 2.14. The highest BCUT2D eigenvalue weighted by molar-refractivity contribution is 5.87. The molecule has 2 rings (SSSR count). The molecule has 0 saturated carbocycles. The van der Waals surface area contributed by atoms with Crippen molar-refractivity contribution in [1.29, 1.82) is 5.26 Å². The molecule has 0 aliphatic carbocycles. The number of aromatic nitrogens is 1. The summed E-state index contributed by atoms with van der Waals surface area (Å²) in [6.07, 6.45) is 0. The van der Waals surface area contributed by atoms with Gasteiger partial charge >= 0.3 is 5.97 Å². The van der Waals surface area contributed by atoms with Gasteiger partial charge in [-0.15, -0.1) is 0 Å². The lowest BCUT2D eigenvalue weighted by atomic mass is 10.1. The van der Waals surface area contributed by atoms with Gasteiger partial charge in [-0.05, 0) is 24.6 Å². The van der Waals surface area contributed by atoms with Crippen molar-refractivity contribution in [3.05, 3.63) is 57.9 Å². The van der Waals surface area contributed by atoms with Crippen LogP contribution in [-0.4, -0.2) is 15.6 Å². The van der Waals surface area contributed by atoms with Gasteiger partial charge < -0.3 is 5.11 Å². The zero-order valence-electron chi connectivity index (χ0n) is 10.8. The molecule has 1 heterocycles. The van der Waals surface area contributed by atoms with Crippen molar-refractivity contribution in [3.63, 3.8) is 0 Å². The molecule has 0 saturated heterocycles. The minimum Gasteiger partial charge on any atom is -0.477 e. The van der Waals surface area contributed by atoms with E-state index in [4.69, 9.17) is 10.4 Å². The van der Waals surface area contributed by atoms with Gasteiger partial charge in [0, 0.05) is 0 Å². The van der Waals surface area contributed by atoms with E-state index in [1.165, 1.54) is 10.6 Å². The van der Waals surface area contributed by atoms with E-state index in [-0.39, 0.29) is 12.1 Å². The first-order valence-corrected chi connectivity index (χ1v) is 5.95. The molecule has 100 valence electrons. The Hall–Kier alpha value is -2.87. The van der Waals surface area contributed by atoms with E-state index in [0.717, 1.165) is 11.1 Å². The first-order chi connectivity index (χ1) is 9.54. The molecule has 1 aromatic heterocycles. The van der Waals surface area contributed by atoms with Crippen LogP contribution in [0, 0.1) is 18.3 Å². The molecule has 0 atom stereocenters. The Balaban J connectivity index is 2.68. The molecule has 2 aromatic rings. The van der Waals surface area contributed by atoms with E-state index in [0.29, 0.717) is 5.69 Å². The molecule has 5 nitrogen and oxygen atoms in total. The smallest absolute Gasteiger partial charge is 0.341 e. The van der Waals surface area contributed by atoms with Crippen LogP contribution < -0.4 is 5.56 Å². The molecule has 0 aliphatic heterocycles. The number of aromatic carboxylic acids is 1. The second-order valence-electron chi connectivity index (χ2n) is 4.35. The van der Waals surface area contributed by atoms with Crippen molar-refractivity contribution < 1.29 is 9.90 Å². The largest absolute Gasteiger partial charge is 0.477 e. The van der Waals surface area contributed by atoms with Crippen molar-refractivity contribution in [3.8, 4) is 17.3 Å². The topological polar surface area (TPSA) is 83.1 Å². The predicted octanol–water partition coefficient (Wildman–Crippen LogP) is 2.05. The fourth-order valence-corrected chi connectivity index (χ4v) is 1.95. The molecule has 0 fully saturated rings. The van der Waals surface area contributed by atoms with Gasteiger partial charge in [0.05, 0.1) is 11.8 Å². The van der Waals surface area contributed by atoms with Crippen LogP contribution >= 0.6 is 0 Å². The van der Waals surface area contributed by atoms with Gasteiger partial charge in [0.15, 0.2) is 0 Å². The highest BCUT2D eigenvalue weighted by Crippen LogP contribution is 2.19. The Kier molecular flexibility index (Phi) is 3.67. The molecule has 20 heavy (non-hydrogen) atoms. The van der Waals surface area contributed by atoms with Crippen molar-refractivity contribution >= 4 is 5.97 Å². The third-order valence-electron chi connectivity index (χ3n) is 2.98. The van der Waals surface area contributed by atoms with Gasteiger partial charge in [-0.25, -0.2) is 4.79 Å². The van der Waals surface area contributed by atoms with Crippen LogP contribution in [0.4, 0.5) is 0 Å². The molecule has 0 unspecified atom stereocenters. The SMILES string of the molecule is Cc1ccc(-c2ccc(C(=O)O)c(=O)n2CC#N)cc1. The minimum atomic E-state index is -1.29. The van der Waals surface area contributed by atoms with Crippen LogP contribution in [0.5, 0.6) is 0 Å². The monoisotopic (exact) mass is 268 g/mol. The van der Waals surface area contributed by atoms with Gasteiger partial charge in [-0.3, -0.25) is 9.36 Å². The molecular formula is C15H12N2O3. The Bertz CT molecular complexity index is 752. The number of nitrogens with zero attached hydrogens (tertiary/aromatic N) is 2. The number of nitriles is 1. The summed E-state index contributed by atoms with van der Waals surface area (Å²) >= 11 is 0. The summed E-state index contributed by atoms with van der Waals surface area (Å²) < 4.78 is 1.17. The first-order valence-electron chi connectivity index (χ1n) is 5.95. The summed E-state index contributed by atoms with van der Waals surface area (Å²) in [6.45, 7) is 1.75. The van der Waals surface area contributed by atoms with Crippen molar-refractivity contribution in [2.24, 2.45) is 0 Å². The first kappa shape index (κ1) is 13.6. The zero-order valence-corrected chi connectivity index (χ0v) is 10.8. The maximum atomic E-state index is 12.1. The van der Waals surface area contributed by atoms with Crippen molar-refractivity contribution in [1.82, 2.24) is 4.57 Å². The number of carbonyl (C=O) groups is 1. The van der Waals surface area contributed by atoms with Crippen molar-refractivity contribution in [2.45, 2.75) is 13.5 Å². The van der Waals surface area contributed by atoms with E-state index >= 15 is 0 Å². The molecular weight excluding hydrogens is 256 g/mol. The molecule has 0 aliphatic rings. The van der Waals surface area contributed by atoms with E-state index in [9.17, 15) is 9.59 Å². The number of pyridine rings is 1. The van der Waals surface area contributed by atoms with E-state index in [1.807, 2.05) is 37.3 Å². The van der Waals surface area contributed by atoms with Crippen molar-refractivity contribution in [2.75, 3.05) is 0 Å². The number of aryl methyl sites for hydroxylation is 1. The maximum Gasteiger partial charge on any atom is 0.341 e. The van der Waals surface area contributed by atoms with Gasteiger partial charge in [0.25, 0.3) is 5.56 Å². The van der Waals surface area contributed by atoms with E-state index < -0.39 is 11.5 Å². The molecule has 1 aromatic carbocycles. The number of carboxylic acid groups (broad SMARTS) is 1. The lowest BCUT2D eigenvalue weighted by Gasteiger charge is -2.11. The molecule has 0 radical (unpaired) electrons. The van der Waals surface area contributed by atoms with Gasteiger partial charge in [-0.2, -0.15) is 5.26 Å². The Labute approximate surface area is 115 Å². The molecule has 0 amide bonds. The predicted molar refractivity (Wildman–Crippen MR) is 73.4 cm³/mol. The number of carboxylic acids is 1. The van der Waals surface area contributed by atoms with E-state index in [2.05, 4.69) is 0 Å². The van der Waals surface area contributed by atoms with Gasteiger partial charge in [-0.1, -0.05) is 29.8 Å². The summed E-state index contributed by atoms with van der Waals surface area (Å²) in [5, 5.41) is 17.8. The van der Waals surface area contributed by atoms with Crippen LogP contribution in [0.25, 0.3) is 11.3 Å². The minimum absolute atomic E-state index is 0.191. The fourth-order valence-electron chi connectivity index (χ4n) is 1.95. The van der Waals surface area contributed by atoms with Gasteiger partial charge in [0.2, 0.25) is 0 Å². The second kappa shape index (κ2) is 5.41. The lowest BCUT2D eigenvalue weighted by Crippen LogP contribution is -2.27. The summed E-state index contributed by atoms with van der Waals surface area (Å²) in [5.74, 6) is -1.29. The lowest BCUT2D eigenvalue weighted by molar-refractivity contribution is 0.0694. The maximum absolute atomic E-state index is 12.1. The molecule has 0 spiro atoms. The van der Waals surface area contributed by atoms with Gasteiger partial charge in [0.1, 0.15) is 12.1 Å². The van der Waals surface area contributed by atoms with Crippen LogP contribution in [0.15, 0.2) is 41.2 Å². The zero-order chi connectivity index (χ0) is 14.7. The normalized spacial score (nSPS) is 10.0. The summed E-state index contributed by atoms with van der Waals surface area (Å²) in [4.78, 5) is 23.1. The summed E-state index contributed by atoms with van der Waals surface area (Å²) in [5.41, 5.74) is 1.36. The fraction of sp³-hybridized carbons (Fsp3) is 0.133. The number of rotatable bonds is 3. The number of hydrogen-bond donors (Lipinski definition) is 1. The summed E-state index contributed by atoms with van der Waals surface area (Å²) in [6, 6.07) is 12.1. The quantitative estimate of drug-likeness (QED) is 0.923. The van der Waals surface area contributed by atoms with Crippen LogP contribution in [0.2, 0.25) is 0 Å². The van der Waals surface area contributed by atoms with Crippen LogP contribution in [0.3, 0.4) is 0 Å². The standard InChI is InChI=1S/C15H12N2O3/c1-10-2-4-11(5-3-10)13-7-6-12(15(19)20)14(18)17(13)9-8-16/h2-7H,9H2,1H3,(H,19,20). The average Bonchev–Trinajstić information content (AvgIpc) is 2.42.